The van der Waals surface area contributed by atoms with Crippen LogP contribution in [0.3, 0.4) is 0 Å². The van der Waals surface area contributed by atoms with Gasteiger partial charge in [-0.15, -0.1) is 0 Å². The Morgan fingerprint density at radius 3 is 2.62 bits per heavy atom. The number of sulfonamides is 1. The fourth-order valence-corrected chi connectivity index (χ4v) is 4.57. The maximum Gasteiger partial charge on any atom is 0.416 e. The summed E-state index contributed by atoms with van der Waals surface area (Å²) in [6, 6.07) is 2.56. The van der Waals surface area contributed by atoms with Crippen molar-refractivity contribution in [3.63, 3.8) is 0 Å². The number of hydrogen-bond donors (Lipinski definition) is 1. The van der Waals surface area contributed by atoms with Gasteiger partial charge in [-0.1, -0.05) is 6.07 Å². The minimum atomic E-state index is -4.60. The molecule has 1 saturated heterocycles. The number of nitrogens with zero attached hydrogens (tertiary/aromatic N) is 1. The average Bonchev–Trinajstić information content (AvgIpc) is 2.86. The van der Waals surface area contributed by atoms with Crippen LogP contribution >= 0.6 is 0 Å². The molecular formula is C13H16F3NO3S. The normalized spacial score (nSPS) is 20.9. The van der Waals surface area contributed by atoms with E-state index in [0.29, 0.717) is 12.8 Å². The fourth-order valence-electron chi connectivity index (χ4n) is 2.64. The van der Waals surface area contributed by atoms with Crippen molar-refractivity contribution >= 4 is 10.0 Å². The van der Waals surface area contributed by atoms with E-state index in [1.165, 1.54) is 6.07 Å². The molecule has 0 bridgehead atoms. The van der Waals surface area contributed by atoms with Gasteiger partial charge in [-0.2, -0.15) is 17.5 Å². The fraction of sp³-hybridized carbons (Fsp3) is 0.538. The van der Waals surface area contributed by atoms with Crippen LogP contribution in [0.15, 0.2) is 23.1 Å². The van der Waals surface area contributed by atoms with Gasteiger partial charge < -0.3 is 5.11 Å². The SMILES string of the molecule is Cc1c(C(F)(F)F)cccc1S(=O)(=O)N1CCC[C@@H]1CO. The third kappa shape index (κ3) is 2.93. The molecule has 21 heavy (non-hydrogen) atoms. The molecule has 0 amide bonds. The van der Waals surface area contributed by atoms with Gasteiger partial charge in [-0.05, 0) is 37.5 Å². The molecule has 1 aliphatic heterocycles. The second-order valence-electron chi connectivity index (χ2n) is 5.02. The van der Waals surface area contributed by atoms with E-state index in [2.05, 4.69) is 0 Å². The van der Waals surface area contributed by atoms with Crippen molar-refractivity contribution in [2.24, 2.45) is 0 Å². The first-order chi connectivity index (χ1) is 9.69. The predicted octanol–water partition coefficient (Wildman–Crippen LogP) is 2.16. The third-order valence-corrected chi connectivity index (χ3v) is 5.81. The molecular weight excluding hydrogens is 307 g/mol. The molecule has 0 radical (unpaired) electrons. The Balaban J connectivity index is 2.51. The van der Waals surface area contributed by atoms with Crippen molar-refractivity contribution in [2.75, 3.05) is 13.2 Å². The van der Waals surface area contributed by atoms with Crippen molar-refractivity contribution in [3.8, 4) is 0 Å². The lowest BCUT2D eigenvalue weighted by molar-refractivity contribution is -0.138. The van der Waals surface area contributed by atoms with Crippen LogP contribution < -0.4 is 0 Å². The van der Waals surface area contributed by atoms with Crippen molar-refractivity contribution in [1.82, 2.24) is 4.31 Å². The molecule has 8 heteroatoms. The lowest BCUT2D eigenvalue weighted by atomic mass is 10.1. The molecule has 1 aromatic carbocycles. The molecule has 1 aromatic rings. The summed E-state index contributed by atoms with van der Waals surface area (Å²) in [4.78, 5) is -0.349. The van der Waals surface area contributed by atoms with Crippen LogP contribution in [-0.2, 0) is 16.2 Å². The summed E-state index contributed by atoms with van der Waals surface area (Å²) >= 11 is 0. The molecule has 2 rings (SSSR count). The highest BCUT2D eigenvalue weighted by atomic mass is 32.2. The highest BCUT2D eigenvalue weighted by molar-refractivity contribution is 7.89. The molecule has 1 N–H and O–H groups in total. The van der Waals surface area contributed by atoms with Gasteiger partial charge in [-0.25, -0.2) is 8.42 Å². The first-order valence-corrected chi connectivity index (χ1v) is 7.93. The Hall–Kier alpha value is -1.12. The van der Waals surface area contributed by atoms with E-state index >= 15 is 0 Å². The van der Waals surface area contributed by atoms with E-state index in [1.54, 1.807) is 0 Å². The van der Waals surface area contributed by atoms with Crippen molar-refractivity contribution < 1.29 is 26.7 Å². The number of aliphatic hydroxyl groups excluding tert-OH is 1. The van der Waals surface area contributed by atoms with Crippen LogP contribution in [0, 0.1) is 6.92 Å². The summed E-state index contributed by atoms with van der Waals surface area (Å²) < 4.78 is 64.9. The van der Waals surface area contributed by atoms with E-state index in [9.17, 15) is 26.7 Å². The minimum absolute atomic E-state index is 0.212. The maximum atomic E-state index is 12.9. The Morgan fingerprint density at radius 1 is 1.38 bits per heavy atom. The number of benzene rings is 1. The highest BCUT2D eigenvalue weighted by Gasteiger charge is 2.39. The van der Waals surface area contributed by atoms with Crippen LogP contribution in [-0.4, -0.2) is 37.0 Å². The molecule has 1 fully saturated rings. The molecule has 0 aromatic heterocycles. The first kappa shape index (κ1) is 16.3. The third-order valence-electron chi connectivity index (χ3n) is 3.71. The smallest absolute Gasteiger partial charge is 0.395 e. The molecule has 0 unspecified atom stereocenters. The summed E-state index contributed by atoms with van der Waals surface area (Å²) in [5, 5.41) is 9.21. The summed E-state index contributed by atoms with van der Waals surface area (Å²) in [6.45, 7) is 1.03. The van der Waals surface area contributed by atoms with Gasteiger partial charge in [0.25, 0.3) is 0 Å². The van der Waals surface area contributed by atoms with Crippen LogP contribution in [0.25, 0.3) is 0 Å². The summed E-state index contributed by atoms with van der Waals surface area (Å²) in [5.41, 5.74) is -1.27. The van der Waals surface area contributed by atoms with Gasteiger partial charge in [0.2, 0.25) is 10.0 Å². The monoisotopic (exact) mass is 323 g/mol. The number of hydrogen-bond acceptors (Lipinski definition) is 3. The highest BCUT2D eigenvalue weighted by Crippen LogP contribution is 2.36. The van der Waals surface area contributed by atoms with Gasteiger partial charge in [0.15, 0.2) is 0 Å². The minimum Gasteiger partial charge on any atom is -0.395 e. The average molecular weight is 323 g/mol. The zero-order valence-electron chi connectivity index (χ0n) is 11.4. The topological polar surface area (TPSA) is 57.6 Å². The van der Waals surface area contributed by atoms with Gasteiger partial charge in [0.1, 0.15) is 0 Å². The molecule has 1 heterocycles. The van der Waals surface area contributed by atoms with Crippen molar-refractivity contribution in [2.45, 2.75) is 36.9 Å². The van der Waals surface area contributed by atoms with Crippen LogP contribution in [0.4, 0.5) is 13.2 Å². The number of alkyl halides is 3. The summed E-state index contributed by atoms with van der Waals surface area (Å²) in [7, 11) is -4.04. The Labute approximate surface area is 121 Å². The Bertz CT molecular complexity index is 628. The zero-order valence-corrected chi connectivity index (χ0v) is 12.2. The van der Waals surface area contributed by atoms with E-state index < -0.39 is 27.8 Å². The standard InChI is InChI=1S/C13H16F3NO3S/c1-9-11(13(14,15)16)5-2-6-12(9)21(19,20)17-7-3-4-10(17)8-18/h2,5-6,10,18H,3-4,7-8H2,1H3/t10-/m1/s1. The van der Waals surface area contributed by atoms with Gasteiger partial charge in [0.05, 0.1) is 17.1 Å². The van der Waals surface area contributed by atoms with Gasteiger partial charge >= 0.3 is 6.18 Å². The maximum absolute atomic E-state index is 12.9. The van der Waals surface area contributed by atoms with Gasteiger partial charge in [0, 0.05) is 12.6 Å². The molecule has 1 atom stereocenters. The molecule has 1 aliphatic rings. The van der Waals surface area contributed by atoms with Crippen molar-refractivity contribution in [1.29, 1.82) is 0 Å². The zero-order chi connectivity index (χ0) is 15.8. The van der Waals surface area contributed by atoms with E-state index in [4.69, 9.17) is 0 Å². The molecule has 118 valence electrons. The Morgan fingerprint density at radius 2 is 2.05 bits per heavy atom. The van der Waals surface area contributed by atoms with E-state index in [-0.39, 0.29) is 23.6 Å². The lowest BCUT2D eigenvalue weighted by Gasteiger charge is -2.24. The quantitative estimate of drug-likeness (QED) is 0.927. The van der Waals surface area contributed by atoms with Crippen molar-refractivity contribution in [3.05, 3.63) is 29.3 Å². The van der Waals surface area contributed by atoms with Crippen LogP contribution in [0.1, 0.15) is 24.0 Å². The predicted molar refractivity (Wildman–Crippen MR) is 70.2 cm³/mol. The molecule has 0 saturated carbocycles. The van der Waals surface area contributed by atoms with Crippen LogP contribution in [0.5, 0.6) is 0 Å². The van der Waals surface area contributed by atoms with E-state index in [0.717, 1.165) is 23.4 Å². The number of rotatable bonds is 3. The van der Waals surface area contributed by atoms with E-state index in [1.807, 2.05) is 0 Å². The second kappa shape index (κ2) is 5.58. The number of halogens is 3. The number of aliphatic hydroxyl groups is 1. The molecule has 4 nitrogen and oxygen atoms in total. The molecule has 0 aliphatic carbocycles. The molecule has 0 spiro atoms. The van der Waals surface area contributed by atoms with Crippen LogP contribution in [0.2, 0.25) is 0 Å². The summed E-state index contributed by atoms with van der Waals surface area (Å²) in [6.07, 6.45) is -3.51. The second-order valence-corrected chi connectivity index (χ2v) is 6.88. The first-order valence-electron chi connectivity index (χ1n) is 6.49. The largest absolute Gasteiger partial charge is 0.416 e. The Kier molecular flexibility index (Phi) is 4.32. The summed E-state index contributed by atoms with van der Waals surface area (Å²) in [5.74, 6) is 0. The van der Waals surface area contributed by atoms with Gasteiger partial charge in [-0.3, -0.25) is 0 Å². The lowest BCUT2D eigenvalue weighted by Crippen LogP contribution is -2.38.